The highest BCUT2D eigenvalue weighted by Crippen LogP contribution is 2.24. The largest absolute Gasteiger partial charge is 0.380 e. The van der Waals surface area contributed by atoms with Gasteiger partial charge in [-0.2, -0.15) is 0 Å². The quantitative estimate of drug-likeness (QED) is 0.789. The van der Waals surface area contributed by atoms with Crippen molar-refractivity contribution in [2.24, 2.45) is 5.14 Å². The lowest BCUT2D eigenvalue weighted by molar-refractivity contribution is 0.0790. The molecule has 3 rings (SSSR count). The monoisotopic (exact) mass is 423 g/mol. The molecule has 1 saturated heterocycles. The summed E-state index contributed by atoms with van der Waals surface area (Å²) in [5, 5.41) is 8.57. The highest BCUT2D eigenvalue weighted by molar-refractivity contribution is 9.10. The number of hydrogen-bond acceptors (Lipinski definition) is 4. The van der Waals surface area contributed by atoms with Crippen molar-refractivity contribution in [2.45, 2.75) is 17.4 Å². The molecule has 2 aromatic rings. The van der Waals surface area contributed by atoms with Crippen LogP contribution in [-0.2, 0) is 10.0 Å². The van der Waals surface area contributed by atoms with Crippen molar-refractivity contribution in [1.82, 2.24) is 4.90 Å². The number of likely N-dealkylation sites (tertiary alicyclic amines) is 1. The molecule has 6 nitrogen and oxygen atoms in total. The number of para-hydroxylation sites is 1. The van der Waals surface area contributed by atoms with Crippen LogP contribution in [0.2, 0.25) is 0 Å². The topological polar surface area (TPSA) is 92.5 Å². The lowest BCUT2D eigenvalue weighted by Crippen LogP contribution is -2.32. The van der Waals surface area contributed by atoms with E-state index in [0.717, 1.165) is 12.1 Å². The molecule has 1 atom stereocenters. The van der Waals surface area contributed by atoms with Gasteiger partial charge >= 0.3 is 0 Å². The third-order valence-electron chi connectivity index (χ3n) is 4.12. The highest BCUT2D eigenvalue weighted by Gasteiger charge is 2.28. The molecule has 25 heavy (non-hydrogen) atoms. The van der Waals surface area contributed by atoms with Crippen molar-refractivity contribution in [2.75, 3.05) is 18.4 Å². The number of hydrogen-bond donors (Lipinski definition) is 2. The normalized spacial score (nSPS) is 17.5. The SMILES string of the molecule is NS(=O)(=O)c1ccc(Br)c(C(=O)N2CCC(Nc3ccccc3)C2)c1. The fourth-order valence-corrected chi connectivity index (χ4v) is 3.80. The van der Waals surface area contributed by atoms with E-state index in [2.05, 4.69) is 21.2 Å². The summed E-state index contributed by atoms with van der Waals surface area (Å²) in [5.41, 5.74) is 1.31. The van der Waals surface area contributed by atoms with Crippen LogP contribution >= 0.6 is 15.9 Å². The van der Waals surface area contributed by atoms with Crippen LogP contribution in [0.25, 0.3) is 0 Å². The van der Waals surface area contributed by atoms with Crippen LogP contribution < -0.4 is 10.5 Å². The van der Waals surface area contributed by atoms with Crippen LogP contribution in [0.4, 0.5) is 5.69 Å². The minimum atomic E-state index is -3.85. The molecule has 1 aliphatic heterocycles. The van der Waals surface area contributed by atoms with Crippen LogP contribution in [0, 0.1) is 0 Å². The van der Waals surface area contributed by atoms with Gasteiger partial charge in [0.05, 0.1) is 10.5 Å². The number of nitrogens with one attached hydrogen (secondary N) is 1. The second-order valence-corrected chi connectivity index (χ2v) is 8.35. The predicted molar refractivity (Wildman–Crippen MR) is 99.9 cm³/mol. The highest BCUT2D eigenvalue weighted by atomic mass is 79.9. The predicted octanol–water partition coefficient (Wildman–Crippen LogP) is 2.42. The Morgan fingerprint density at radius 2 is 1.92 bits per heavy atom. The van der Waals surface area contributed by atoms with E-state index in [9.17, 15) is 13.2 Å². The third-order valence-corrected chi connectivity index (χ3v) is 5.72. The Bertz CT molecular complexity index is 887. The lowest BCUT2D eigenvalue weighted by Gasteiger charge is -2.19. The zero-order chi connectivity index (χ0) is 18.0. The zero-order valence-electron chi connectivity index (χ0n) is 13.4. The first kappa shape index (κ1) is 17.9. The lowest BCUT2D eigenvalue weighted by atomic mass is 10.2. The second-order valence-electron chi connectivity index (χ2n) is 5.93. The van der Waals surface area contributed by atoms with Crippen LogP contribution in [0.3, 0.4) is 0 Å². The van der Waals surface area contributed by atoms with E-state index in [-0.39, 0.29) is 16.8 Å². The maximum Gasteiger partial charge on any atom is 0.255 e. The first-order valence-corrected chi connectivity index (χ1v) is 10.1. The number of amides is 1. The number of halogens is 1. The van der Waals surface area contributed by atoms with E-state index >= 15 is 0 Å². The molecule has 8 heteroatoms. The van der Waals surface area contributed by atoms with E-state index in [1.807, 2.05) is 30.3 Å². The van der Waals surface area contributed by atoms with Gasteiger partial charge in [0, 0.05) is 29.3 Å². The van der Waals surface area contributed by atoms with Crippen molar-refractivity contribution in [3.8, 4) is 0 Å². The summed E-state index contributed by atoms with van der Waals surface area (Å²) in [6.07, 6.45) is 0.827. The molecule has 132 valence electrons. The van der Waals surface area contributed by atoms with Gasteiger partial charge < -0.3 is 10.2 Å². The van der Waals surface area contributed by atoms with Gasteiger partial charge in [0.1, 0.15) is 0 Å². The number of rotatable bonds is 4. The molecule has 1 heterocycles. The van der Waals surface area contributed by atoms with E-state index in [0.29, 0.717) is 23.1 Å². The Labute approximate surface area is 155 Å². The van der Waals surface area contributed by atoms with Crippen LogP contribution in [0.5, 0.6) is 0 Å². The van der Waals surface area contributed by atoms with Gasteiger partial charge in [0.15, 0.2) is 0 Å². The average Bonchev–Trinajstić information content (AvgIpc) is 3.03. The summed E-state index contributed by atoms with van der Waals surface area (Å²) in [6.45, 7) is 1.16. The molecule has 3 N–H and O–H groups in total. The molecule has 1 amide bonds. The summed E-state index contributed by atoms with van der Waals surface area (Å²) in [6, 6.07) is 14.2. The van der Waals surface area contributed by atoms with Gasteiger partial charge in [-0.15, -0.1) is 0 Å². The number of nitrogens with two attached hydrogens (primary N) is 1. The number of primary sulfonamides is 1. The molecule has 1 unspecified atom stereocenters. The average molecular weight is 424 g/mol. The molecule has 1 fully saturated rings. The van der Waals surface area contributed by atoms with Gasteiger partial charge in [-0.1, -0.05) is 18.2 Å². The van der Waals surface area contributed by atoms with E-state index in [4.69, 9.17) is 5.14 Å². The molecule has 2 aromatic carbocycles. The van der Waals surface area contributed by atoms with Gasteiger partial charge in [0.2, 0.25) is 10.0 Å². The molecule has 0 saturated carbocycles. The molecule has 0 aromatic heterocycles. The van der Waals surface area contributed by atoms with Gasteiger partial charge in [-0.3, -0.25) is 4.79 Å². The summed E-state index contributed by atoms with van der Waals surface area (Å²) in [4.78, 5) is 14.4. The molecule has 0 bridgehead atoms. The Kier molecular flexibility index (Phi) is 5.12. The second kappa shape index (κ2) is 7.15. The molecule has 1 aliphatic rings. The van der Waals surface area contributed by atoms with Crippen molar-refractivity contribution in [1.29, 1.82) is 0 Å². The van der Waals surface area contributed by atoms with Crippen LogP contribution in [0.1, 0.15) is 16.8 Å². The Morgan fingerprint density at radius 3 is 2.60 bits per heavy atom. The standard InChI is InChI=1S/C17H18BrN3O3S/c18-16-7-6-14(25(19,23)24)10-15(16)17(22)21-9-8-13(11-21)20-12-4-2-1-3-5-12/h1-7,10,13,20H,8-9,11H2,(H2,19,23,24). The summed E-state index contributed by atoms with van der Waals surface area (Å²) < 4.78 is 23.6. The zero-order valence-corrected chi connectivity index (χ0v) is 15.8. The molecular weight excluding hydrogens is 406 g/mol. The Balaban J connectivity index is 1.74. The van der Waals surface area contributed by atoms with E-state index in [1.165, 1.54) is 18.2 Å². The molecule has 0 radical (unpaired) electrons. The Hall–Kier alpha value is -1.90. The van der Waals surface area contributed by atoms with Crippen molar-refractivity contribution in [3.05, 3.63) is 58.6 Å². The number of benzene rings is 2. The van der Waals surface area contributed by atoms with E-state index in [1.54, 1.807) is 4.90 Å². The van der Waals surface area contributed by atoms with Gasteiger partial charge in [-0.25, -0.2) is 13.6 Å². The summed E-state index contributed by atoms with van der Waals surface area (Å²) in [7, 11) is -3.85. The number of sulfonamides is 1. The maximum absolute atomic E-state index is 12.8. The van der Waals surface area contributed by atoms with Crippen LogP contribution in [-0.4, -0.2) is 38.4 Å². The Morgan fingerprint density at radius 1 is 1.20 bits per heavy atom. The van der Waals surface area contributed by atoms with E-state index < -0.39 is 10.0 Å². The molecule has 0 aliphatic carbocycles. The molecular formula is C17H18BrN3O3S. The van der Waals surface area contributed by atoms with Gasteiger partial charge in [-0.05, 0) is 52.7 Å². The number of carbonyl (C=O) groups is 1. The smallest absolute Gasteiger partial charge is 0.255 e. The number of nitrogens with zero attached hydrogens (tertiary/aromatic N) is 1. The first-order valence-electron chi connectivity index (χ1n) is 7.78. The van der Waals surface area contributed by atoms with Crippen molar-refractivity contribution in [3.63, 3.8) is 0 Å². The van der Waals surface area contributed by atoms with Crippen molar-refractivity contribution < 1.29 is 13.2 Å². The summed E-state index contributed by atoms with van der Waals surface area (Å²) in [5.74, 6) is -0.213. The number of anilines is 1. The first-order chi connectivity index (χ1) is 11.8. The third kappa shape index (κ3) is 4.20. The minimum absolute atomic E-state index is 0.0720. The molecule has 0 spiro atoms. The van der Waals surface area contributed by atoms with Crippen LogP contribution in [0.15, 0.2) is 57.9 Å². The van der Waals surface area contributed by atoms with Gasteiger partial charge in [0.25, 0.3) is 5.91 Å². The fourth-order valence-electron chi connectivity index (χ4n) is 2.85. The number of carbonyl (C=O) groups excluding carboxylic acids is 1. The minimum Gasteiger partial charge on any atom is -0.380 e. The van der Waals surface area contributed by atoms with Crippen molar-refractivity contribution >= 4 is 37.5 Å². The fraction of sp³-hybridized carbons (Fsp3) is 0.235. The maximum atomic E-state index is 12.8. The summed E-state index contributed by atoms with van der Waals surface area (Å²) >= 11 is 3.32.